The zero-order valence-corrected chi connectivity index (χ0v) is 17.7. The summed E-state index contributed by atoms with van der Waals surface area (Å²) in [5, 5.41) is 11.0. The summed E-state index contributed by atoms with van der Waals surface area (Å²) >= 11 is 0. The molecule has 1 heterocycles. The van der Waals surface area contributed by atoms with Gasteiger partial charge in [0.15, 0.2) is 14.1 Å². The third-order valence-corrected chi connectivity index (χ3v) is 9.88. The summed E-state index contributed by atoms with van der Waals surface area (Å²) in [6.45, 7) is 15.6. The smallest absolute Gasteiger partial charge is 0.191 e. The van der Waals surface area contributed by atoms with Crippen molar-refractivity contribution >= 4 is 8.32 Å². The molecular weight excluding hydrogens is 332 g/mol. The van der Waals surface area contributed by atoms with E-state index < -0.39 is 20.2 Å². The number of aliphatic hydroxyl groups is 1. The number of aliphatic hydroxyl groups excluding tert-OH is 1. The summed E-state index contributed by atoms with van der Waals surface area (Å²) in [6, 6.07) is 9.63. The van der Waals surface area contributed by atoms with Crippen molar-refractivity contribution in [3.63, 3.8) is 0 Å². The van der Waals surface area contributed by atoms with Gasteiger partial charge in [0.1, 0.15) is 12.2 Å². The number of hydrogen-bond donors (Lipinski definition) is 1. The van der Waals surface area contributed by atoms with Crippen LogP contribution in [-0.4, -0.2) is 38.0 Å². The second-order valence-corrected chi connectivity index (χ2v) is 13.7. The van der Waals surface area contributed by atoms with Gasteiger partial charge in [-0.15, -0.1) is 0 Å². The first-order chi connectivity index (χ1) is 11.4. The molecule has 0 radical (unpaired) electrons. The van der Waals surface area contributed by atoms with E-state index in [1.165, 1.54) is 0 Å². The van der Waals surface area contributed by atoms with Crippen molar-refractivity contribution in [2.45, 2.75) is 83.3 Å². The van der Waals surface area contributed by atoms with Crippen LogP contribution in [0, 0.1) is 0 Å². The van der Waals surface area contributed by atoms with Gasteiger partial charge in [-0.25, -0.2) is 0 Å². The Morgan fingerprint density at radius 2 is 1.76 bits per heavy atom. The van der Waals surface area contributed by atoms with E-state index >= 15 is 0 Å². The van der Waals surface area contributed by atoms with Crippen LogP contribution in [0.3, 0.4) is 0 Å². The Hall–Kier alpha value is -0.723. The average Bonchev–Trinajstić information content (AvgIpc) is 2.81. The van der Waals surface area contributed by atoms with Crippen LogP contribution in [0.4, 0.5) is 0 Å². The van der Waals surface area contributed by atoms with Gasteiger partial charge in [-0.2, -0.15) is 0 Å². The zero-order chi connectivity index (χ0) is 18.9. The highest BCUT2D eigenvalue weighted by Gasteiger charge is 2.45. The van der Waals surface area contributed by atoms with Gasteiger partial charge in [-0.3, -0.25) is 0 Å². The van der Waals surface area contributed by atoms with Gasteiger partial charge in [0.25, 0.3) is 0 Å². The van der Waals surface area contributed by atoms with Gasteiger partial charge >= 0.3 is 0 Å². The predicted octanol–water partition coefficient (Wildman–Crippen LogP) is 4.65. The van der Waals surface area contributed by atoms with E-state index in [2.05, 4.69) is 33.9 Å². The minimum absolute atomic E-state index is 0.183. The standard InChI is InChI=1S/C20H34O4Si/c1-19(2,3)25(6,7)22-14-13-16-18(24-20(4,5)23-16)17(21)15-11-9-8-10-12-15/h8-12,16-18,21H,13-14H2,1-7H3/t16-,17-,18+/m1/s1. The zero-order valence-electron chi connectivity index (χ0n) is 16.7. The van der Waals surface area contributed by atoms with Gasteiger partial charge in [-0.1, -0.05) is 51.1 Å². The Labute approximate surface area is 153 Å². The van der Waals surface area contributed by atoms with Crippen LogP contribution in [0.15, 0.2) is 30.3 Å². The first-order valence-corrected chi connectivity index (χ1v) is 12.1. The van der Waals surface area contributed by atoms with Crippen LogP contribution in [-0.2, 0) is 13.9 Å². The van der Waals surface area contributed by atoms with Gasteiger partial charge in [0.05, 0.1) is 6.10 Å². The lowest BCUT2D eigenvalue weighted by atomic mass is 9.99. The van der Waals surface area contributed by atoms with Gasteiger partial charge in [0, 0.05) is 6.61 Å². The fourth-order valence-corrected chi connectivity index (χ4v) is 3.90. The molecule has 1 aliphatic rings. The Bertz CT molecular complexity index is 551. The van der Waals surface area contributed by atoms with E-state index in [1.807, 2.05) is 44.2 Å². The molecule has 1 saturated heterocycles. The molecule has 0 saturated carbocycles. The normalized spacial score (nSPS) is 25.1. The van der Waals surface area contributed by atoms with E-state index in [-0.39, 0.29) is 17.2 Å². The third-order valence-electron chi connectivity index (χ3n) is 5.35. The molecule has 142 valence electrons. The molecule has 1 N–H and O–H groups in total. The fraction of sp³-hybridized carbons (Fsp3) is 0.700. The second kappa shape index (κ2) is 7.49. The molecule has 0 unspecified atom stereocenters. The van der Waals surface area contributed by atoms with Gasteiger partial charge < -0.3 is 19.0 Å². The number of ether oxygens (including phenoxy) is 2. The largest absolute Gasteiger partial charge is 0.417 e. The second-order valence-electron chi connectivity index (χ2n) is 8.89. The minimum Gasteiger partial charge on any atom is -0.417 e. The Balaban J connectivity index is 2.02. The SMILES string of the molecule is CC1(C)O[C@H]([C@H](O)c2ccccc2)[C@@H](CCO[Si](C)(C)C(C)(C)C)O1. The molecule has 1 aromatic carbocycles. The summed E-state index contributed by atoms with van der Waals surface area (Å²) in [5.41, 5.74) is 0.851. The molecule has 0 spiro atoms. The van der Waals surface area contributed by atoms with Crippen LogP contribution in [0.1, 0.15) is 52.7 Å². The molecule has 1 aromatic rings. The number of benzene rings is 1. The van der Waals surface area contributed by atoms with Crippen molar-refractivity contribution in [2.75, 3.05) is 6.61 Å². The lowest BCUT2D eigenvalue weighted by molar-refractivity contribution is -0.156. The van der Waals surface area contributed by atoms with Crippen LogP contribution in [0.25, 0.3) is 0 Å². The molecule has 1 fully saturated rings. The van der Waals surface area contributed by atoms with Crippen LogP contribution in [0.5, 0.6) is 0 Å². The van der Waals surface area contributed by atoms with E-state index in [4.69, 9.17) is 13.9 Å². The van der Waals surface area contributed by atoms with E-state index in [0.29, 0.717) is 13.0 Å². The maximum absolute atomic E-state index is 10.8. The van der Waals surface area contributed by atoms with Crippen molar-refractivity contribution in [3.05, 3.63) is 35.9 Å². The van der Waals surface area contributed by atoms with Gasteiger partial charge in [0.2, 0.25) is 0 Å². The first-order valence-electron chi connectivity index (χ1n) is 9.15. The lowest BCUT2D eigenvalue weighted by Crippen LogP contribution is -2.42. The van der Waals surface area contributed by atoms with Gasteiger partial charge in [-0.05, 0) is 44.0 Å². The summed E-state index contributed by atoms with van der Waals surface area (Å²) in [6.07, 6.45) is -0.568. The van der Waals surface area contributed by atoms with Crippen molar-refractivity contribution in [3.8, 4) is 0 Å². The first kappa shape index (κ1) is 20.6. The fourth-order valence-electron chi connectivity index (χ4n) is 2.84. The summed E-state index contributed by atoms with van der Waals surface area (Å²) in [5.74, 6) is -0.692. The molecule has 2 rings (SSSR count). The highest BCUT2D eigenvalue weighted by molar-refractivity contribution is 6.74. The Kier molecular flexibility index (Phi) is 6.17. The average molecular weight is 367 g/mol. The molecule has 4 nitrogen and oxygen atoms in total. The molecule has 0 aliphatic carbocycles. The summed E-state index contributed by atoms with van der Waals surface area (Å²) in [4.78, 5) is 0. The van der Waals surface area contributed by atoms with Crippen molar-refractivity contribution in [1.82, 2.24) is 0 Å². The minimum atomic E-state index is -1.78. The quantitative estimate of drug-likeness (QED) is 0.744. The highest BCUT2D eigenvalue weighted by Crippen LogP contribution is 2.39. The monoisotopic (exact) mass is 366 g/mol. The summed E-state index contributed by atoms with van der Waals surface area (Å²) < 4.78 is 18.3. The molecular formula is C20H34O4Si. The maximum atomic E-state index is 10.8. The van der Waals surface area contributed by atoms with E-state index in [9.17, 15) is 5.11 Å². The molecule has 25 heavy (non-hydrogen) atoms. The third kappa shape index (κ3) is 5.14. The van der Waals surface area contributed by atoms with Crippen molar-refractivity contribution < 1.29 is 19.0 Å². The van der Waals surface area contributed by atoms with Crippen molar-refractivity contribution in [2.24, 2.45) is 0 Å². The number of rotatable bonds is 6. The molecule has 0 aromatic heterocycles. The van der Waals surface area contributed by atoms with Crippen molar-refractivity contribution in [1.29, 1.82) is 0 Å². The van der Waals surface area contributed by atoms with E-state index in [0.717, 1.165) is 5.56 Å². The molecule has 3 atom stereocenters. The van der Waals surface area contributed by atoms with Crippen LogP contribution >= 0.6 is 0 Å². The predicted molar refractivity (Wildman–Crippen MR) is 103 cm³/mol. The van der Waals surface area contributed by atoms with E-state index in [1.54, 1.807) is 0 Å². The van der Waals surface area contributed by atoms with Crippen LogP contribution < -0.4 is 0 Å². The molecule has 0 amide bonds. The topological polar surface area (TPSA) is 47.9 Å². The Morgan fingerprint density at radius 3 is 2.32 bits per heavy atom. The maximum Gasteiger partial charge on any atom is 0.191 e. The highest BCUT2D eigenvalue weighted by atomic mass is 28.4. The van der Waals surface area contributed by atoms with Crippen LogP contribution in [0.2, 0.25) is 18.1 Å². The lowest BCUT2D eigenvalue weighted by Gasteiger charge is -2.36. The number of hydrogen-bond acceptors (Lipinski definition) is 4. The molecule has 1 aliphatic heterocycles. The molecule has 0 bridgehead atoms. The summed E-state index contributed by atoms with van der Waals surface area (Å²) in [7, 11) is -1.78. The Morgan fingerprint density at radius 1 is 1.16 bits per heavy atom. The molecule has 5 heteroatoms.